The van der Waals surface area contributed by atoms with Gasteiger partial charge in [-0.25, -0.2) is 0 Å². The molecule has 3 aromatic rings. The van der Waals surface area contributed by atoms with Crippen molar-refractivity contribution in [2.45, 2.75) is 30.9 Å². The number of aromatic amines is 1. The standard InChI is InChI=1S/C15H15N5S/c1-9-11(10(2)17-16-9)7-14-18-19-15-8-21-13-6-4-3-5-12(13)20(14)15/h3-6H,7-8H2,1-2H3,(H,16,17). The Bertz CT molecular complexity index is 798. The first-order valence-corrected chi connectivity index (χ1v) is 7.88. The second kappa shape index (κ2) is 4.73. The predicted molar refractivity (Wildman–Crippen MR) is 81.8 cm³/mol. The van der Waals surface area contributed by atoms with Crippen LogP contribution >= 0.6 is 11.8 Å². The number of thioether (sulfide) groups is 1. The van der Waals surface area contributed by atoms with Gasteiger partial charge >= 0.3 is 0 Å². The topological polar surface area (TPSA) is 59.4 Å². The first-order valence-electron chi connectivity index (χ1n) is 6.90. The van der Waals surface area contributed by atoms with Crippen LogP contribution in [0.1, 0.15) is 28.6 Å². The van der Waals surface area contributed by atoms with Crippen molar-refractivity contribution in [2.75, 3.05) is 0 Å². The molecule has 0 atom stereocenters. The summed E-state index contributed by atoms with van der Waals surface area (Å²) in [4.78, 5) is 1.28. The van der Waals surface area contributed by atoms with Gasteiger partial charge in [-0.15, -0.1) is 22.0 Å². The number of para-hydroxylation sites is 1. The number of H-pyrrole nitrogens is 1. The third kappa shape index (κ3) is 1.98. The monoisotopic (exact) mass is 297 g/mol. The number of benzene rings is 1. The SMILES string of the molecule is Cc1n[nH]c(C)c1Cc1nnc2n1-c1ccccc1SC2. The van der Waals surface area contributed by atoms with Crippen molar-refractivity contribution in [3.8, 4) is 5.69 Å². The fourth-order valence-electron chi connectivity index (χ4n) is 2.74. The molecule has 6 heteroatoms. The van der Waals surface area contributed by atoms with Crippen LogP contribution in [0.15, 0.2) is 29.2 Å². The molecule has 1 aromatic carbocycles. The molecule has 5 nitrogen and oxygen atoms in total. The van der Waals surface area contributed by atoms with Crippen LogP contribution in [-0.4, -0.2) is 25.0 Å². The van der Waals surface area contributed by atoms with Gasteiger partial charge in [-0.1, -0.05) is 12.1 Å². The van der Waals surface area contributed by atoms with E-state index in [4.69, 9.17) is 0 Å². The average molecular weight is 297 g/mol. The van der Waals surface area contributed by atoms with Crippen LogP contribution in [0.5, 0.6) is 0 Å². The molecule has 1 aliphatic heterocycles. The van der Waals surface area contributed by atoms with Crippen LogP contribution in [0, 0.1) is 13.8 Å². The van der Waals surface area contributed by atoms with Gasteiger partial charge in [-0.3, -0.25) is 9.67 Å². The van der Waals surface area contributed by atoms with Crippen molar-refractivity contribution >= 4 is 11.8 Å². The van der Waals surface area contributed by atoms with E-state index in [-0.39, 0.29) is 0 Å². The Morgan fingerprint density at radius 2 is 2.10 bits per heavy atom. The minimum atomic E-state index is 0.750. The Balaban J connectivity index is 1.82. The van der Waals surface area contributed by atoms with E-state index < -0.39 is 0 Å². The Morgan fingerprint density at radius 1 is 1.24 bits per heavy atom. The maximum atomic E-state index is 4.41. The fraction of sp³-hybridized carbons (Fsp3) is 0.267. The van der Waals surface area contributed by atoms with E-state index in [1.807, 2.05) is 25.6 Å². The van der Waals surface area contributed by atoms with E-state index in [0.29, 0.717) is 0 Å². The van der Waals surface area contributed by atoms with Crippen molar-refractivity contribution in [2.24, 2.45) is 0 Å². The number of aryl methyl sites for hydroxylation is 2. The summed E-state index contributed by atoms with van der Waals surface area (Å²) in [5.41, 5.74) is 4.52. The molecule has 1 N–H and O–H groups in total. The van der Waals surface area contributed by atoms with Crippen LogP contribution in [0.2, 0.25) is 0 Å². The second-order valence-corrected chi connectivity index (χ2v) is 6.23. The summed E-state index contributed by atoms with van der Waals surface area (Å²) in [5.74, 6) is 2.87. The number of hydrogen-bond donors (Lipinski definition) is 1. The zero-order chi connectivity index (χ0) is 14.4. The summed E-state index contributed by atoms with van der Waals surface area (Å²) in [6, 6.07) is 8.42. The number of aromatic nitrogens is 5. The smallest absolute Gasteiger partial charge is 0.148 e. The van der Waals surface area contributed by atoms with Crippen molar-refractivity contribution in [3.63, 3.8) is 0 Å². The summed E-state index contributed by atoms with van der Waals surface area (Å²) >= 11 is 1.82. The molecule has 4 rings (SSSR count). The number of fused-ring (bicyclic) bond motifs is 3. The quantitative estimate of drug-likeness (QED) is 0.790. The highest BCUT2D eigenvalue weighted by Gasteiger charge is 2.22. The van der Waals surface area contributed by atoms with Gasteiger partial charge in [0.2, 0.25) is 0 Å². The molecule has 0 unspecified atom stereocenters. The highest BCUT2D eigenvalue weighted by Crippen LogP contribution is 2.35. The van der Waals surface area contributed by atoms with Crippen LogP contribution in [0.4, 0.5) is 0 Å². The summed E-state index contributed by atoms with van der Waals surface area (Å²) in [7, 11) is 0. The van der Waals surface area contributed by atoms with E-state index in [1.165, 1.54) is 16.1 Å². The van der Waals surface area contributed by atoms with Crippen LogP contribution < -0.4 is 0 Å². The Hall–Kier alpha value is -2.08. The van der Waals surface area contributed by atoms with E-state index >= 15 is 0 Å². The first-order chi connectivity index (χ1) is 10.2. The number of nitrogens with one attached hydrogen (secondary N) is 1. The maximum Gasteiger partial charge on any atom is 0.148 e. The molecule has 21 heavy (non-hydrogen) atoms. The van der Waals surface area contributed by atoms with E-state index in [1.54, 1.807) is 0 Å². The molecule has 2 aromatic heterocycles. The molecule has 0 spiro atoms. The van der Waals surface area contributed by atoms with E-state index in [9.17, 15) is 0 Å². The largest absolute Gasteiger partial charge is 0.282 e. The minimum Gasteiger partial charge on any atom is -0.282 e. The van der Waals surface area contributed by atoms with E-state index in [2.05, 4.69) is 49.2 Å². The van der Waals surface area contributed by atoms with E-state index in [0.717, 1.165) is 35.2 Å². The molecule has 106 valence electrons. The molecule has 0 fully saturated rings. The zero-order valence-electron chi connectivity index (χ0n) is 11.9. The lowest BCUT2D eigenvalue weighted by Gasteiger charge is -2.18. The Morgan fingerprint density at radius 3 is 2.90 bits per heavy atom. The molecule has 0 saturated heterocycles. The molecule has 0 aliphatic carbocycles. The van der Waals surface area contributed by atoms with Crippen LogP contribution in [0.3, 0.4) is 0 Å². The summed E-state index contributed by atoms with van der Waals surface area (Å²) < 4.78 is 2.19. The lowest BCUT2D eigenvalue weighted by molar-refractivity contribution is 0.858. The summed E-state index contributed by atoms with van der Waals surface area (Å²) in [6.45, 7) is 4.07. The number of hydrogen-bond acceptors (Lipinski definition) is 4. The third-order valence-corrected chi connectivity index (χ3v) is 4.93. The van der Waals surface area contributed by atoms with Crippen molar-refractivity contribution in [3.05, 3.63) is 52.9 Å². The van der Waals surface area contributed by atoms with Crippen molar-refractivity contribution < 1.29 is 0 Å². The van der Waals surface area contributed by atoms with Crippen molar-refractivity contribution in [1.29, 1.82) is 0 Å². The number of nitrogens with zero attached hydrogens (tertiary/aromatic N) is 4. The van der Waals surface area contributed by atoms with Gasteiger partial charge in [-0.2, -0.15) is 5.10 Å². The first kappa shape index (κ1) is 12.6. The van der Waals surface area contributed by atoms with Crippen LogP contribution in [-0.2, 0) is 12.2 Å². The normalized spacial score (nSPS) is 13.0. The molecule has 0 saturated carbocycles. The molecule has 1 aliphatic rings. The molecular formula is C15H15N5S. The van der Waals surface area contributed by atoms with Gasteiger partial charge in [0, 0.05) is 22.6 Å². The predicted octanol–water partition coefficient (Wildman–Crippen LogP) is 2.80. The molecule has 0 amide bonds. The fourth-order valence-corrected chi connectivity index (χ4v) is 3.69. The average Bonchev–Trinajstić information content (AvgIpc) is 3.06. The molecule has 0 bridgehead atoms. The van der Waals surface area contributed by atoms with Gasteiger partial charge in [0.05, 0.1) is 17.1 Å². The lowest BCUT2D eigenvalue weighted by atomic mass is 10.1. The summed E-state index contributed by atoms with van der Waals surface area (Å²) in [5, 5.41) is 16.1. The van der Waals surface area contributed by atoms with Gasteiger partial charge in [-0.05, 0) is 26.0 Å². The molecular weight excluding hydrogens is 282 g/mol. The summed E-state index contributed by atoms with van der Waals surface area (Å²) in [6.07, 6.45) is 0.750. The van der Waals surface area contributed by atoms with Gasteiger partial charge in [0.15, 0.2) is 0 Å². The maximum absolute atomic E-state index is 4.41. The lowest BCUT2D eigenvalue weighted by Crippen LogP contribution is -2.10. The van der Waals surface area contributed by atoms with Crippen molar-refractivity contribution in [1.82, 2.24) is 25.0 Å². The van der Waals surface area contributed by atoms with Gasteiger partial charge in [0.1, 0.15) is 11.6 Å². The third-order valence-electron chi connectivity index (χ3n) is 3.88. The number of rotatable bonds is 2. The van der Waals surface area contributed by atoms with Gasteiger partial charge in [0.25, 0.3) is 0 Å². The van der Waals surface area contributed by atoms with Crippen LogP contribution in [0.25, 0.3) is 5.69 Å². The Labute approximate surface area is 126 Å². The zero-order valence-corrected chi connectivity index (χ0v) is 12.7. The minimum absolute atomic E-state index is 0.750. The Kier molecular flexibility index (Phi) is 2.85. The molecule has 3 heterocycles. The highest BCUT2D eigenvalue weighted by atomic mass is 32.2. The second-order valence-electron chi connectivity index (χ2n) is 5.21. The van der Waals surface area contributed by atoms with Gasteiger partial charge < -0.3 is 0 Å². The molecule has 0 radical (unpaired) electrons. The highest BCUT2D eigenvalue weighted by molar-refractivity contribution is 7.98.